The van der Waals surface area contributed by atoms with Crippen LogP contribution in [-0.4, -0.2) is 25.8 Å². The van der Waals surface area contributed by atoms with Gasteiger partial charge in [0.15, 0.2) is 0 Å². The maximum atomic E-state index is 5.75. The highest BCUT2D eigenvalue weighted by Crippen LogP contribution is 2.38. The lowest BCUT2D eigenvalue weighted by Crippen LogP contribution is -2.47. The zero-order chi connectivity index (χ0) is 12.0. The second kappa shape index (κ2) is 6.61. The Morgan fingerprint density at radius 1 is 1.31 bits per heavy atom. The average Bonchev–Trinajstić information content (AvgIpc) is 2.28. The third-order valence-corrected chi connectivity index (χ3v) is 3.98. The van der Waals surface area contributed by atoms with Crippen molar-refractivity contribution in [2.24, 2.45) is 11.3 Å². The maximum Gasteiger partial charge on any atom is 0.0537 e. The first kappa shape index (κ1) is 14.0. The molecule has 2 atom stereocenters. The predicted octanol–water partition coefficient (Wildman–Crippen LogP) is 3.22. The van der Waals surface area contributed by atoms with Crippen LogP contribution in [0.2, 0.25) is 0 Å². The Morgan fingerprint density at radius 2 is 2.06 bits per heavy atom. The summed E-state index contributed by atoms with van der Waals surface area (Å²) in [4.78, 5) is 0. The van der Waals surface area contributed by atoms with Crippen molar-refractivity contribution in [3.63, 3.8) is 0 Å². The molecule has 2 heteroatoms. The molecule has 1 fully saturated rings. The van der Waals surface area contributed by atoms with E-state index >= 15 is 0 Å². The molecule has 1 N–H and O–H groups in total. The molecule has 0 radical (unpaired) electrons. The first-order valence-corrected chi connectivity index (χ1v) is 6.92. The molecule has 0 bridgehead atoms. The van der Waals surface area contributed by atoms with E-state index in [0.29, 0.717) is 11.5 Å². The van der Waals surface area contributed by atoms with Gasteiger partial charge in [-0.1, -0.05) is 40.5 Å². The molecule has 0 aromatic rings. The Morgan fingerprint density at radius 3 is 2.56 bits per heavy atom. The van der Waals surface area contributed by atoms with Gasteiger partial charge in [0.2, 0.25) is 0 Å². The molecule has 1 aliphatic heterocycles. The van der Waals surface area contributed by atoms with Gasteiger partial charge >= 0.3 is 0 Å². The van der Waals surface area contributed by atoms with Gasteiger partial charge in [-0.3, -0.25) is 0 Å². The fourth-order valence-electron chi connectivity index (χ4n) is 2.72. The standard InChI is InChI=1S/C14H29NO/c1-5-7-13(4)14(10-15-12(2)3)8-6-9-16-11-14/h12-13,15H,5-11H2,1-4H3. The molecule has 0 aromatic carbocycles. The highest BCUT2D eigenvalue weighted by Gasteiger charge is 2.37. The van der Waals surface area contributed by atoms with Gasteiger partial charge in [0.1, 0.15) is 0 Å². The van der Waals surface area contributed by atoms with E-state index in [1.54, 1.807) is 0 Å². The Hall–Kier alpha value is -0.0800. The molecule has 1 heterocycles. The summed E-state index contributed by atoms with van der Waals surface area (Å²) in [6.45, 7) is 12.2. The molecule has 0 aromatic heterocycles. The quantitative estimate of drug-likeness (QED) is 0.752. The van der Waals surface area contributed by atoms with Crippen LogP contribution in [-0.2, 0) is 4.74 Å². The third-order valence-electron chi connectivity index (χ3n) is 3.98. The molecule has 0 saturated carbocycles. The van der Waals surface area contributed by atoms with Gasteiger partial charge in [-0.15, -0.1) is 0 Å². The lowest BCUT2D eigenvalue weighted by atomic mass is 9.70. The Labute approximate surface area is 101 Å². The fourth-order valence-corrected chi connectivity index (χ4v) is 2.72. The Kier molecular flexibility index (Phi) is 5.77. The number of hydrogen-bond donors (Lipinski definition) is 1. The molecule has 0 spiro atoms. The van der Waals surface area contributed by atoms with Crippen LogP contribution in [0.15, 0.2) is 0 Å². The average molecular weight is 227 g/mol. The molecular formula is C14H29NO. The van der Waals surface area contributed by atoms with Crippen molar-refractivity contribution < 1.29 is 4.74 Å². The van der Waals surface area contributed by atoms with E-state index in [4.69, 9.17) is 4.74 Å². The summed E-state index contributed by atoms with van der Waals surface area (Å²) in [5.41, 5.74) is 0.387. The van der Waals surface area contributed by atoms with Crippen molar-refractivity contribution in [3.05, 3.63) is 0 Å². The fraction of sp³-hybridized carbons (Fsp3) is 1.00. The van der Waals surface area contributed by atoms with Gasteiger partial charge in [0.05, 0.1) is 6.61 Å². The number of nitrogens with one attached hydrogen (secondary N) is 1. The minimum Gasteiger partial charge on any atom is -0.381 e. The molecule has 0 amide bonds. The van der Waals surface area contributed by atoms with Gasteiger partial charge in [0, 0.05) is 24.6 Å². The zero-order valence-electron chi connectivity index (χ0n) is 11.5. The summed E-state index contributed by atoms with van der Waals surface area (Å²) in [5.74, 6) is 0.768. The molecular weight excluding hydrogens is 198 g/mol. The molecule has 1 aliphatic rings. The lowest BCUT2D eigenvalue weighted by Gasteiger charge is -2.42. The largest absolute Gasteiger partial charge is 0.381 e. The summed E-state index contributed by atoms with van der Waals surface area (Å²) < 4.78 is 5.75. The summed E-state index contributed by atoms with van der Waals surface area (Å²) in [7, 11) is 0. The first-order valence-electron chi connectivity index (χ1n) is 6.92. The number of ether oxygens (including phenoxy) is 1. The topological polar surface area (TPSA) is 21.3 Å². The summed E-state index contributed by atoms with van der Waals surface area (Å²) >= 11 is 0. The summed E-state index contributed by atoms with van der Waals surface area (Å²) in [5, 5.41) is 3.62. The second-order valence-corrected chi connectivity index (χ2v) is 5.74. The van der Waals surface area contributed by atoms with Crippen LogP contribution in [0.3, 0.4) is 0 Å². The van der Waals surface area contributed by atoms with Crippen LogP contribution in [0, 0.1) is 11.3 Å². The van der Waals surface area contributed by atoms with E-state index in [9.17, 15) is 0 Å². The van der Waals surface area contributed by atoms with E-state index in [1.807, 2.05) is 0 Å². The monoisotopic (exact) mass is 227 g/mol. The maximum absolute atomic E-state index is 5.75. The van der Waals surface area contributed by atoms with E-state index in [2.05, 4.69) is 33.0 Å². The van der Waals surface area contributed by atoms with Crippen LogP contribution < -0.4 is 5.32 Å². The van der Waals surface area contributed by atoms with Crippen LogP contribution in [0.5, 0.6) is 0 Å². The molecule has 96 valence electrons. The molecule has 1 saturated heterocycles. The van der Waals surface area contributed by atoms with Crippen LogP contribution >= 0.6 is 0 Å². The van der Waals surface area contributed by atoms with E-state index < -0.39 is 0 Å². The third kappa shape index (κ3) is 3.74. The highest BCUT2D eigenvalue weighted by atomic mass is 16.5. The molecule has 1 rings (SSSR count). The smallest absolute Gasteiger partial charge is 0.0537 e. The summed E-state index contributed by atoms with van der Waals surface area (Å²) in [6.07, 6.45) is 5.16. The van der Waals surface area contributed by atoms with Crippen molar-refractivity contribution in [1.29, 1.82) is 0 Å². The van der Waals surface area contributed by atoms with E-state index in [0.717, 1.165) is 25.7 Å². The van der Waals surface area contributed by atoms with Crippen LogP contribution in [0.25, 0.3) is 0 Å². The van der Waals surface area contributed by atoms with Crippen molar-refractivity contribution >= 4 is 0 Å². The summed E-state index contributed by atoms with van der Waals surface area (Å²) in [6, 6.07) is 0.577. The van der Waals surface area contributed by atoms with Gasteiger partial charge in [0.25, 0.3) is 0 Å². The van der Waals surface area contributed by atoms with E-state index in [1.165, 1.54) is 25.7 Å². The second-order valence-electron chi connectivity index (χ2n) is 5.74. The number of rotatable bonds is 6. The molecule has 2 nitrogen and oxygen atoms in total. The van der Waals surface area contributed by atoms with Crippen LogP contribution in [0.4, 0.5) is 0 Å². The zero-order valence-corrected chi connectivity index (χ0v) is 11.5. The SMILES string of the molecule is CCCC(C)C1(CNC(C)C)CCCOC1. The first-order chi connectivity index (χ1) is 7.60. The molecule has 2 unspecified atom stereocenters. The lowest BCUT2D eigenvalue weighted by molar-refractivity contribution is -0.0404. The Balaban J connectivity index is 2.59. The molecule has 16 heavy (non-hydrogen) atoms. The Bertz CT molecular complexity index is 185. The van der Waals surface area contributed by atoms with Crippen molar-refractivity contribution in [2.45, 2.75) is 59.4 Å². The van der Waals surface area contributed by atoms with Crippen molar-refractivity contribution in [1.82, 2.24) is 5.32 Å². The van der Waals surface area contributed by atoms with Crippen LogP contribution in [0.1, 0.15) is 53.4 Å². The normalized spacial score (nSPS) is 28.3. The van der Waals surface area contributed by atoms with Gasteiger partial charge < -0.3 is 10.1 Å². The van der Waals surface area contributed by atoms with Crippen molar-refractivity contribution in [2.75, 3.05) is 19.8 Å². The highest BCUT2D eigenvalue weighted by molar-refractivity contribution is 4.88. The van der Waals surface area contributed by atoms with Gasteiger partial charge in [-0.25, -0.2) is 0 Å². The predicted molar refractivity (Wildman–Crippen MR) is 69.7 cm³/mol. The minimum absolute atomic E-state index is 0.387. The van der Waals surface area contributed by atoms with Crippen molar-refractivity contribution in [3.8, 4) is 0 Å². The van der Waals surface area contributed by atoms with E-state index in [-0.39, 0.29) is 0 Å². The minimum atomic E-state index is 0.387. The molecule has 0 aliphatic carbocycles. The van der Waals surface area contributed by atoms with Gasteiger partial charge in [-0.05, 0) is 18.8 Å². The van der Waals surface area contributed by atoms with Gasteiger partial charge in [-0.2, -0.15) is 0 Å². The number of hydrogen-bond acceptors (Lipinski definition) is 2.